The fourth-order valence-corrected chi connectivity index (χ4v) is 3.90. The Labute approximate surface area is 194 Å². The molecule has 0 radical (unpaired) electrons. The van der Waals surface area contributed by atoms with Crippen molar-refractivity contribution in [2.75, 3.05) is 10.6 Å². The maximum atomic E-state index is 13.8. The first-order chi connectivity index (χ1) is 15.8. The highest BCUT2D eigenvalue weighted by Gasteiger charge is 2.47. The normalized spacial score (nSPS) is 18.2. The number of aryl methyl sites for hydroxylation is 1. The number of nitrogens with one attached hydrogen (secondary N) is 2. The van der Waals surface area contributed by atoms with E-state index in [1.54, 1.807) is 24.3 Å². The van der Waals surface area contributed by atoms with Gasteiger partial charge >= 0.3 is 12.4 Å². The molecule has 0 saturated carbocycles. The molecule has 2 aromatic carbocycles. The number of carbonyl (C=O) groups is 1. The number of carbonyl (C=O) groups excluding carboxylic acids is 1. The molecule has 12 heteroatoms. The Kier molecular flexibility index (Phi) is 6.01. The molecular formula is C22H17ClF6N4O. The lowest BCUT2D eigenvalue weighted by Crippen LogP contribution is -2.36. The Morgan fingerprint density at radius 3 is 2.41 bits per heavy atom. The number of benzene rings is 2. The first-order valence-corrected chi connectivity index (χ1v) is 10.4. The summed E-state index contributed by atoms with van der Waals surface area (Å²) in [5.74, 6) is -1.15. The number of amides is 1. The number of aromatic nitrogens is 2. The Morgan fingerprint density at radius 1 is 1.12 bits per heavy atom. The van der Waals surface area contributed by atoms with Gasteiger partial charge < -0.3 is 10.6 Å². The molecule has 0 saturated heterocycles. The van der Waals surface area contributed by atoms with Crippen molar-refractivity contribution >= 4 is 29.0 Å². The highest BCUT2D eigenvalue weighted by Crippen LogP contribution is 2.44. The number of fused-ring (bicyclic) bond motifs is 1. The Bertz CT molecular complexity index is 1220. The van der Waals surface area contributed by atoms with Gasteiger partial charge in [-0.3, -0.25) is 4.79 Å². The molecule has 3 aromatic rings. The van der Waals surface area contributed by atoms with E-state index in [1.165, 1.54) is 0 Å². The molecular weight excluding hydrogens is 486 g/mol. The average Bonchev–Trinajstić information content (AvgIpc) is 3.17. The molecule has 1 aliphatic heterocycles. The van der Waals surface area contributed by atoms with Gasteiger partial charge in [0.2, 0.25) is 0 Å². The van der Waals surface area contributed by atoms with Gasteiger partial charge in [-0.2, -0.15) is 31.4 Å². The van der Waals surface area contributed by atoms with Crippen molar-refractivity contribution in [1.82, 2.24) is 9.78 Å². The minimum Gasteiger partial charge on any atom is -0.363 e. The fraction of sp³-hybridized carbons (Fsp3) is 0.273. The van der Waals surface area contributed by atoms with Gasteiger partial charge in [-0.05, 0) is 30.7 Å². The topological polar surface area (TPSA) is 59.0 Å². The molecule has 34 heavy (non-hydrogen) atoms. The maximum absolute atomic E-state index is 13.8. The molecule has 2 atom stereocenters. The minimum atomic E-state index is -4.68. The van der Waals surface area contributed by atoms with Gasteiger partial charge in [-0.15, -0.1) is 0 Å². The summed E-state index contributed by atoms with van der Waals surface area (Å²) >= 11 is 5.93. The van der Waals surface area contributed by atoms with Crippen LogP contribution in [-0.2, 0) is 6.18 Å². The highest BCUT2D eigenvalue weighted by atomic mass is 35.5. The summed E-state index contributed by atoms with van der Waals surface area (Å²) in [6.45, 7) is 1.84. The van der Waals surface area contributed by atoms with Gasteiger partial charge in [-0.1, -0.05) is 41.4 Å². The summed E-state index contributed by atoms with van der Waals surface area (Å²) in [6, 6.07) is 6.48. The van der Waals surface area contributed by atoms with Crippen molar-refractivity contribution in [2.24, 2.45) is 0 Å². The zero-order chi connectivity index (χ0) is 24.8. The molecule has 1 aliphatic rings. The van der Waals surface area contributed by atoms with Crippen LogP contribution < -0.4 is 10.6 Å². The van der Waals surface area contributed by atoms with Gasteiger partial charge in [0, 0.05) is 6.42 Å². The van der Waals surface area contributed by atoms with E-state index in [0.717, 1.165) is 23.9 Å². The summed E-state index contributed by atoms with van der Waals surface area (Å²) in [5, 5.41) is 8.76. The van der Waals surface area contributed by atoms with Crippen LogP contribution >= 0.6 is 11.6 Å². The Balaban J connectivity index is 1.69. The van der Waals surface area contributed by atoms with Crippen LogP contribution in [0.4, 0.5) is 37.8 Å². The van der Waals surface area contributed by atoms with Crippen molar-refractivity contribution in [2.45, 2.75) is 37.8 Å². The Hall–Kier alpha value is -3.21. The lowest BCUT2D eigenvalue weighted by atomic mass is 9.96. The maximum Gasteiger partial charge on any atom is 0.416 e. The monoisotopic (exact) mass is 502 g/mol. The summed E-state index contributed by atoms with van der Waals surface area (Å²) in [4.78, 5) is 12.9. The molecule has 0 bridgehead atoms. The molecule has 0 fully saturated rings. The van der Waals surface area contributed by atoms with E-state index in [9.17, 15) is 31.1 Å². The predicted octanol–water partition coefficient (Wildman–Crippen LogP) is 6.78. The van der Waals surface area contributed by atoms with Crippen LogP contribution in [0, 0.1) is 6.92 Å². The first-order valence-electron chi connectivity index (χ1n) is 10.00. The fourth-order valence-electron chi connectivity index (χ4n) is 3.73. The second kappa shape index (κ2) is 8.53. The van der Waals surface area contributed by atoms with Gasteiger partial charge in [0.05, 0.1) is 28.5 Å². The van der Waals surface area contributed by atoms with Gasteiger partial charge in [-0.25, -0.2) is 4.68 Å². The van der Waals surface area contributed by atoms with E-state index in [0.29, 0.717) is 16.3 Å². The van der Waals surface area contributed by atoms with Gasteiger partial charge in [0.1, 0.15) is 11.4 Å². The predicted molar refractivity (Wildman–Crippen MR) is 114 cm³/mol. The second-order valence-electron chi connectivity index (χ2n) is 7.90. The van der Waals surface area contributed by atoms with Gasteiger partial charge in [0.25, 0.3) is 5.91 Å². The smallest absolute Gasteiger partial charge is 0.363 e. The Morgan fingerprint density at radius 2 is 1.79 bits per heavy atom. The number of anilines is 2. The molecule has 4 rings (SSSR count). The van der Waals surface area contributed by atoms with Crippen LogP contribution in [0.5, 0.6) is 0 Å². The van der Waals surface area contributed by atoms with E-state index in [1.807, 2.05) is 6.92 Å². The average molecular weight is 503 g/mol. The highest BCUT2D eigenvalue weighted by molar-refractivity contribution is 6.34. The van der Waals surface area contributed by atoms with Crippen LogP contribution in [0.15, 0.2) is 48.7 Å². The van der Waals surface area contributed by atoms with E-state index in [4.69, 9.17) is 11.6 Å². The third kappa shape index (κ3) is 4.70. The molecule has 0 spiro atoms. The van der Waals surface area contributed by atoms with E-state index < -0.39 is 35.9 Å². The van der Waals surface area contributed by atoms with Crippen LogP contribution in [0.25, 0.3) is 0 Å². The lowest BCUT2D eigenvalue weighted by molar-refractivity contribution is -0.173. The first kappa shape index (κ1) is 23.9. The summed E-state index contributed by atoms with van der Waals surface area (Å²) in [5.41, 5.74) is -0.132. The SMILES string of the molecule is Cc1ccc([C@@H]2C[C@@H](C(F)(F)F)n3ncc(C(=O)Nc4cc(C(F)(F)F)ccc4Cl)c3N2)cc1. The van der Waals surface area contributed by atoms with Crippen LogP contribution in [0.3, 0.4) is 0 Å². The molecule has 2 N–H and O–H groups in total. The quantitative estimate of drug-likeness (QED) is 0.388. The number of alkyl halides is 6. The summed E-state index contributed by atoms with van der Waals surface area (Å²) in [7, 11) is 0. The summed E-state index contributed by atoms with van der Waals surface area (Å²) in [6.07, 6.45) is -8.75. The van der Waals surface area contributed by atoms with Crippen molar-refractivity contribution < 1.29 is 31.1 Å². The zero-order valence-corrected chi connectivity index (χ0v) is 18.2. The number of hydrogen-bond acceptors (Lipinski definition) is 3. The van der Waals surface area contributed by atoms with Crippen LogP contribution in [0.2, 0.25) is 5.02 Å². The van der Waals surface area contributed by atoms with E-state index in [2.05, 4.69) is 15.7 Å². The zero-order valence-electron chi connectivity index (χ0n) is 17.4. The van der Waals surface area contributed by atoms with Crippen molar-refractivity contribution in [1.29, 1.82) is 0 Å². The number of hydrogen-bond donors (Lipinski definition) is 2. The van der Waals surface area contributed by atoms with Crippen LogP contribution in [-0.4, -0.2) is 21.9 Å². The molecule has 1 amide bonds. The molecule has 0 unspecified atom stereocenters. The van der Waals surface area contributed by atoms with Crippen LogP contribution in [0.1, 0.15) is 45.6 Å². The third-order valence-corrected chi connectivity index (χ3v) is 5.83. The van der Waals surface area contributed by atoms with Crippen molar-refractivity contribution in [3.05, 3.63) is 75.9 Å². The lowest BCUT2D eigenvalue weighted by Gasteiger charge is -2.34. The van der Waals surface area contributed by atoms with Gasteiger partial charge in [0.15, 0.2) is 6.04 Å². The minimum absolute atomic E-state index is 0.166. The van der Waals surface area contributed by atoms with Crippen molar-refractivity contribution in [3.8, 4) is 0 Å². The van der Waals surface area contributed by atoms with E-state index >= 15 is 0 Å². The van der Waals surface area contributed by atoms with E-state index in [-0.39, 0.29) is 28.5 Å². The largest absolute Gasteiger partial charge is 0.416 e. The number of rotatable bonds is 3. The second-order valence-corrected chi connectivity index (χ2v) is 8.31. The standard InChI is InChI=1S/C22H17ClF6N4O/c1-11-2-4-12(5-3-11)16-9-18(22(27,28)29)33-19(31-16)14(10-30-33)20(34)32-17-8-13(21(24,25)26)6-7-15(17)23/h2-8,10,16,18,31H,9H2,1H3,(H,32,34)/t16-,18-/m0/s1. The number of nitrogens with zero attached hydrogens (tertiary/aromatic N) is 2. The summed E-state index contributed by atoms with van der Waals surface area (Å²) < 4.78 is 81.3. The molecule has 5 nitrogen and oxygen atoms in total. The van der Waals surface area contributed by atoms with Crippen molar-refractivity contribution in [3.63, 3.8) is 0 Å². The molecule has 2 heterocycles. The molecule has 1 aromatic heterocycles. The molecule has 0 aliphatic carbocycles. The third-order valence-electron chi connectivity index (χ3n) is 5.50. The number of halogens is 7. The molecule has 180 valence electrons.